The zero-order chi connectivity index (χ0) is 25.6. The number of rotatable bonds is 6. The molecule has 5 rings (SSSR count). The highest BCUT2D eigenvalue weighted by atomic mass is 19.3. The van der Waals surface area contributed by atoms with E-state index in [2.05, 4.69) is 57.8 Å². The van der Waals surface area contributed by atoms with E-state index in [0.29, 0.717) is 23.3 Å². The molecule has 4 heterocycles. The van der Waals surface area contributed by atoms with Gasteiger partial charge in [-0.25, -0.2) is 8.78 Å². The molecule has 10 heteroatoms. The molecule has 0 saturated carbocycles. The van der Waals surface area contributed by atoms with E-state index in [1.54, 1.807) is 25.5 Å². The van der Waals surface area contributed by atoms with Crippen molar-refractivity contribution >= 4 is 27.8 Å². The Morgan fingerprint density at radius 3 is 2.58 bits per heavy atom. The molecule has 0 N–H and O–H groups in total. The summed E-state index contributed by atoms with van der Waals surface area (Å²) < 4.78 is 28.8. The number of hydrogen-bond donors (Lipinski definition) is 0. The Balaban J connectivity index is 1.47. The Morgan fingerprint density at radius 1 is 1.11 bits per heavy atom. The average molecular weight is 496 g/mol. The molecular weight excluding hydrogens is 464 g/mol. The van der Waals surface area contributed by atoms with Gasteiger partial charge in [0.1, 0.15) is 12.1 Å². The molecule has 1 aliphatic rings. The number of aromatic nitrogens is 5. The van der Waals surface area contributed by atoms with E-state index in [4.69, 9.17) is 0 Å². The third-order valence-electron chi connectivity index (χ3n) is 7.40. The van der Waals surface area contributed by atoms with Crippen LogP contribution in [0.5, 0.6) is 0 Å². The van der Waals surface area contributed by atoms with Crippen molar-refractivity contribution in [1.29, 1.82) is 0 Å². The van der Waals surface area contributed by atoms with Gasteiger partial charge in [-0.15, -0.1) is 0 Å². The molecule has 36 heavy (non-hydrogen) atoms. The SMILES string of the molecule is CC[C@@H]1CN(c2cc(=O)n(C)c3cn(CC(F)F)nc23)[C@@H](C)CN1[C@H](C)c1ccc2nccnc2c1. The average Bonchev–Trinajstić information content (AvgIpc) is 3.28. The van der Waals surface area contributed by atoms with Crippen molar-refractivity contribution in [2.75, 3.05) is 18.0 Å². The van der Waals surface area contributed by atoms with E-state index in [1.165, 1.54) is 21.0 Å². The lowest BCUT2D eigenvalue weighted by Crippen LogP contribution is -2.58. The Kier molecular flexibility index (Phi) is 6.46. The minimum Gasteiger partial charge on any atom is -0.364 e. The predicted octanol–water partition coefficient (Wildman–Crippen LogP) is 3.99. The lowest BCUT2D eigenvalue weighted by atomic mass is 9.98. The molecule has 0 radical (unpaired) electrons. The molecule has 190 valence electrons. The molecule has 1 saturated heterocycles. The minimum atomic E-state index is -2.52. The van der Waals surface area contributed by atoms with Gasteiger partial charge in [0.05, 0.1) is 22.2 Å². The van der Waals surface area contributed by atoms with Crippen LogP contribution in [-0.4, -0.2) is 60.8 Å². The highest BCUT2D eigenvalue weighted by molar-refractivity contribution is 5.88. The largest absolute Gasteiger partial charge is 0.364 e. The fourth-order valence-corrected chi connectivity index (χ4v) is 5.36. The van der Waals surface area contributed by atoms with E-state index < -0.39 is 13.0 Å². The molecule has 0 unspecified atom stereocenters. The fourth-order valence-electron chi connectivity index (χ4n) is 5.36. The van der Waals surface area contributed by atoms with Crippen molar-refractivity contribution < 1.29 is 8.78 Å². The number of piperazine rings is 1. The van der Waals surface area contributed by atoms with Gasteiger partial charge in [-0.1, -0.05) is 13.0 Å². The number of benzene rings is 1. The van der Waals surface area contributed by atoms with Crippen LogP contribution in [0, 0.1) is 0 Å². The summed E-state index contributed by atoms with van der Waals surface area (Å²) in [4.78, 5) is 26.3. The number of alkyl halides is 2. The molecule has 4 aromatic rings. The Labute approximate surface area is 208 Å². The predicted molar refractivity (Wildman–Crippen MR) is 137 cm³/mol. The van der Waals surface area contributed by atoms with Crippen molar-refractivity contribution in [2.24, 2.45) is 7.05 Å². The van der Waals surface area contributed by atoms with E-state index in [0.717, 1.165) is 24.0 Å². The normalized spacial score (nSPS) is 20.0. The molecule has 1 aliphatic heterocycles. The van der Waals surface area contributed by atoms with Crippen LogP contribution >= 0.6 is 0 Å². The molecule has 3 aromatic heterocycles. The zero-order valence-electron chi connectivity index (χ0n) is 21.0. The lowest BCUT2D eigenvalue weighted by molar-refractivity contribution is 0.106. The van der Waals surface area contributed by atoms with Gasteiger partial charge >= 0.3 is 0 Å². The summed E-state index contributed by atoms with van der Waals surface area (Å²) >= 11 is 0. The Bertz CT molecular complexity index is 1450. The third kappa shape index (κ3) is 4.34. The summed E-state index contributed by atoms with van der Waals surface area (Å²) in [5.74, 6) is 0. The molecule has 3 atom stereocenters. The van der Waals surface area contributed by atoms with Crippen LogP contribution in [0.4, 0.5) is 14.5 Å². The lowest BCUT2D eigenvalue weighted by Gasteiger charge is -2.48. The van der Waals surface area contributed by atoms with Crippen molar-refractivity contribution in [1.82, 2.24) is 29.2 Å². The van der Waals surface area contributed by atoms with Crippen molar-refractivity contribution in [2.45, 2.75) is 58.3 Å². The third-order valence-corrected chi connectivity index (χ3v) is 7.40. The van der Waals surface area contributed by atoms with Gasteiger partial charge in [0.15, 0.2) is 0 Å². The van der Waals surface area contributed by atoms with Gasteiger partial charge in [0.2, 0.25) is 0 Å². The maximum atomic E-state index is 13.0. The summed E-state index contributed by atoms with van der Waals surface area (Å²) in [5, 5.41) is 4.45. The van der Waals surface area contributed by atoms with Gasteiger partial charge in [-0.05, 0) is 38.0 Å². The summed E-state index contributed by atoms with van der Waals surface area (Å²) in [5.41, 5.74) is 4.61. The first-order chi connectivity index (χ1) is 17.3. The van der Waals surface area contributed by atoms with Crippen LogP contribution in [0.3, 0.4) is 0 Å². The van der Waals surface area contributed by atoms with Crippen LogP contribution in [0.25, 0.3) is 22.1 Å². The highest BCUT2D eigenvalue weighted by Crippen LogP contribution is 2.34. The second kappa shape index (κ2) is 9.57. The van der Waals surface area contributed by atoms with Gasteiger partial charge in [0.25, 0.3) is 12.0 Å². The second-order valence-corrected chi connectivity index (χ2v) is 9.64. The number of fused-ring (bicyclic) bond motifs is 2. The monoisotopic (exact) mass is 495 g/mol. The number of aryl methyl sites for hydroxylation is 1. The molecule has 1 aromatic carbocycles. The first-order valence-corrected chi connectivity index (χ1v) is 12.3. The maximum Gasteiger partial charge on any atom is 0.257 e. The molecule has 0 spiro atoms. The van der Waals surface area contributed by atoms with Crippen LogP contribution in [-0.2, 0) is 13.6 Å². The maximum absolute atomic E-state index is 13.0. The smallest absolute Gasteiger partial charge is 0.257 e. The quantitative estimate of drug-likeness (QED) is 0.403. The van der Waals surface area contributed by atoms with Gasteiger partial charge in [-0.3, -0.25) is 24.3 Å². The van der Waals surface area contributed by atoms with Gasteiger partial charge in [-0.2, -0.15) is 5.10 Å². The minimum absolute atomic E-state index is 0.0889. The van der Waals surface area contributed by atoms with Crippen molar-refractivity contribution in [3.8, 4) is 0 Å². The fraction of sp³-hybridized carbons (Fsp3) is 0.462. The second-order valence-electron chi connectivity index (χ2n) is 9.64. The molecule has 0 bridgehead atoms. The molecule has 0 aliphatic carbocycles. The van der Waals surface area contributed by atoms with Crippen LogP contribution < -0.4 is 10.5 Å². The van der Waals surface area contributed by atoms with Crippen molar-refractivity contribution in [3.05, 3.63) is 58.8 Å². The molecular formula is C26H31F2N7O. The van der Waals surface area contributed by atoms with E-state index in [-0.39, 0.29) is 23.7 Å². The van der Waals surface area contributed by atoms with Crippen molar-refractivity contribution in [3.63, 3.8) is 0 Å². The number of hydrogen-bond acceptors (Lipinski definition) is 6. The molecule has 0 amide bonds. The number of halogens is 2. The van der Waals surface area contributed by atoms with E-state index in [9.17, 15) is 13.6 Å². The number of pyridine rings is 1. The van der Waals surface area contributed by atoms with Gasteiger partial charge in [0, 0.05) is 62.9 Å². The molecule has 8 nitrogen and oxygen atoms in total. The Morgan fingerprint density at radius 2 is 1.86 bits per heavy atom. The first kappa shape index (κ1) is 24.3. The highest BCUT2D eigenvalue weighted by Gasteiger charge is 2.35. The van der Waals surface area contributed by atoms with E-state index >= 15 is 0 Å². The first-order valence-electron chi connectivity index (χ1n) is 12.3. The summed E-state index contributed by atoms with van der Waals surface area (Å²) in [6, 6.07) is 8.32. The zero-order valence-corrected chi connectivity index (χ0v) is 21.0. The van der Waals surface area contributed by atoms with Crippen LogP contribution in [0.1, 0.15) is 38.8 Å². The number of anilines is 1. The van der Waals surface area contributed by atoms with Gasteiger partial charge < -0.3 is 9.47 Å². The summed E-state index contributed by atoms with van der Waals surface area (Å²) in [6.07, 6.45) is 3.35. The molecule has 1 fully saturated rings. The number of nitrogens with zero attached hydrogens (tertiary/aromatic N) is 7. The Hall–Kier alpha value is -3.40. The standard InChI is InChI=1S/C26H31F2N7O/c1-5-19-13-34(22-11-25(36)32(4)23-14-33(15-24(27)28)31-26(22)23)16(2)12-35(19)17(3)18-6-7-20-21(10-18)30-9-8-29-20/h6-11,14,16-17,19,24H,5,12-13,15H2,1-4H3/t16-,17+,19+/m0/s1. The van der Waals surface area contributed by atoms with Crippen LogP contribution in [0.2, 0.25) is 0 Å². The van der Waals surface area contributed by atoms with E-state index in [1.807, 2.05) is 6.07 Å². The van der Waals surface area contributed by atoms with Crippen LogP contribution in [0.15, 0.2) is 47.7 Å². The summed E-state index contributed by atoms with van der Waals surface area (Å²) in [6.45, 7) is 7.51. The topological polar surface area (TPSA) is 72.1 Å². The summed E-state index contributed by atoms with van der Waals surface area (Å²) in [7, 11) is 1.65.